The maximum atomic E-state index is 12.0. The van der Waals surface area contributed by atoms with Crippen LogP contribution in [0.5, 0.6) is 0 Å². The van der Waals surface area contributed by atoms with Crippen molar-refractivity contribution in [3.05, 3.63) is 0 Å². The average molecular weight is 295 g/mol. The van der Waals surface area contributed by atoms with Crippen LogP contribution in [0.25, 0.3) is 0 Å². The molecular formula is C16H29N3O2. The predicted molar refractivity (Wildman–Crippen MR) is 81.9 cm³/mol. The topological polar surface area (TPSA) is 67.6 Å². The normalized spacial score (nSPS) is 37.0. The maximum Gasteiger partial charge on any atom is 0.237 e. The Hall–Kier alpha value is -0.650. The molecule has 0 radical (unpaired) electrons. The summed E-state index contributed by atoms with van der Waals surface area (Å²) in [6, 6.07) is 0.985. The first-order valence-electron chi connectivity index (χ1n) is 8.45. The molecule has 3 aliphatic rings. The van der Waals surface area contributed by atoms with E-state index in [0.29, 0.717) is 18.0 Å². The molecule has 2 aliphatic carbocycles. The van der Waals surface area contributed by atoms with E-state index >= 15 is 0 Å². The van der Waals surface area contributed by atoms with Crippen molar-refractivity contribution in [3.63, 3.8) is 0 Å². The fourth-order valence-corrected chi connectivity index (χ4v) is 3.95. The van der Waals surface area contributed by atoms with Crippen molar-refractivity contribution in [1.29, 1.82) is 0 Å². The largest absolute Gasteiger partial charge is 0.381 e. The number of rotatable bonds is 6. The van der Waals surface area contributed by atoms with E-state index in [1.54, 1.807) is 0 Å². The van der Waals surface area contributed by atoms with Crippen molar-refractivity contribution in [2.75, 3.05) is 26.8 Å². The smallest absolute Gasteiger partial charge is 0.237 e. The van der Waals surface area contributed by atoms with E-state index in [-0.39, 0.29) is 5.91 Å². The summed E-state index contributed by atoms with van der Waals surface area (Å²) in [4.78, 5) is 14.4. The van der Waals surface area contributed by atoms with Gasteiger partial charge in [0.25, 0.3) is 0 Å². The van der Waals surface area contributed by atoms with Crippen molar-refractivity contribution >= 4 is 5.91 Å². The molecule has 0 aromatic heterocycles. The molecule has 5 heteroatoms. The molecule has 0 bridgehead atoms. The van der Waals surface area contributed by atoms with Crippen LogP contribution >= 0.6 is 0 Å². The fraction of sp³-hybridized carbons (Fsp3) is 0.938. The van der Waals surface area contributed by atoms with Gasteiger partial charge in [-0.25, -0.2) is 0 Å². The van der Waals surface area contributed by atoms with Gasteiger partial charge in [0.15, 0.2) is 0 Å². The molecule has 3 atom stereocenters. The summed E-state index contributed by atoms with van der Waals surface area (Å²) < 4.78 is 5.57. The van der Waals surface area contributed by atoms with Gasteiger partial charge in [0, 0.05) is 25.2 Å². The Labute approximate surface area is 127 Å². The molecule has 3 N–H and O–H groups in total. The Morgan fingerprint density at radius 2 is 2.19 bits per heavy atom. The highest BCUT2D eigenvalue weighted by atomic mass is 16.5. The third-order valence-corrected chi connectivity index (χ3v) is 5.44. The van der Waals surface area contributed by atoms with Crippen LogP contribution in [-0.2, 0) is 9.53 Å². The molecule has 1 heterocycles. The number of carbonyl (C=O) groups is 1. The van der Waals surface area contributed by atoms with Gasteiger partial charge in [-0.2, -0.15) is 0 Å². The molecule has 0 aromatic rings. The first-order chi connectivity index (χ1) is 10.1. The minimum Gasteiger partial charge on any atom is -0.381 e. The first kappa shape index (κ1) is 15.3. The highest BCUT2D eigenvalue weighted by Gasteiger charge is 2.47. The minimum absolute atomic E-state index is 0.161. The number of primary amides is 1. The molecule has 3 rings (SSSR count). The molecule has 0 aromatic carbocycles. The number of hydrogen-bond acceptors (Lipinski definition) is 4. The Kier molecular flexibility index (Phi) is 4.52. The first-order valence-corrected chi connectivity index (χ1v) is 8.45. The van der Waals surface area contributed by atoms with Crippen LogP contribution in [0.4, 0.5) is 0 Å². The second-order valence-corrected chi connectivity index (χ2v) is 7.28. The van der Waals surface area contributed by atoms with Crippen LogP contribution in [0, 0.1) is 5.92 Å². The van der Waals surface area contributed by atoms with Gasteiger partial charge < -0.3 is 20.7 Å². The molecule has 2 saturated carbocycles. The summed E-state index contributed by atoms with van der Waals surface area (Å²) in [5, 5.41) is 3.53. The quantitative estimate of drug-likeness (QED) is 0.763. The highest BCUT2D eigenvalue weighted by Crippen LogP contribution is 2.36. The lowest BCUT2D eigenvalue weighted by Crippen LogP contribution is -2.55. The number of carbonyl (C=O) groups excluding carboxylic acids is 1. The molecule has 3 unspecified atom stereocenters. The van der Waals surface area contributed by atoms with E-state index in [0.717, 1.165) is 39.0 Å². The third-order valence-electron chi connectivity index (χ3n) is 5.44. The monoisotopic (exact) mass is 295 g/mol. The highest BCUT2D eigenvalue weighted by molar-refractivity contribution is 5.85. The van der Waals surface area contributed by atoms with Crippen LogP contribution in [0.15, 0.2) is 0 Å². The zero-order valence-electron chi connectivity index (χ0n) is 13.1. The van der Waals surface area contributed by atoms with Gasteiger partial charge in [-0.15, -0.1) is 0 Å². The van der Waals surface area contributed by atoms with Gasteiger partial charge in [-0.05, 0) is 57.9 Å². The molecule has 5 nitrogen and oxygen atoms in total. The molecule has 3 fully saturated rings. The van der Waals surface area contributed by atoms with Crippen LogP contribution in [0.1, 0.15) is 44.9 Å². The van der Waals surface area contributed by atoms with Crippen molar-refractivity contribution in [3.8, 4) is 0 Å². The minimum atomic E-state index is -0.455. The summed E-state index contributed by atoms with van der Waals surface area (Å²) in [7, 11) is 2.19. The number of ether oxygens (including phenoxy) is 1. The third kappa shape index (κ3) is 3.58. The number of nitrogens with two attached hydrogens (primary N) is 1. The van der Waals surface area contributed by atoms with Crippen molar-refractivity contribution in [2.45, 2.75) is 62.6 Å². The maximum absolute atomic E-state index is 12.0. The van der Waals surface area contributed by atoms with E-state index in [4.69, 9.17) is 10.5 Å². The number of nitrogens with one attached hydrogen (secondary N) is 1. The van der Waals surface area contributed by atoms with Gasteiger partial charge in [-0.1, -0.05) is 0 Å². The summed E-state index contributed by atoms with van der Waals surface area (Å²) in [5.74, 6) is 0.481. The van der Waals surface area contributed by atoms with Gasteiger partial charge in [0.1, 0.15) is 0 Å². The summed E-state index contributed by atoms with van der Waals surface area (Å²) in [6.45, 7) is 2.88. The van der Waals surface area contributed by atoms with Gasteiger partial charge in [-0.3, -0.25) is 4.79 Å². The van der Waals surface area contributed by atoms with E-state index in [2.05, 4.69) is 17.3 Å². The Morgan fingerprint density at radius 1 is 1.38 bits per heavy atom. The molecule has 1 aliphatic heterocycles. The predicted octanol–water partition coefficient (Wildman–Crippen LogP) is 0.873. The van der Waals surface area contributed by atoms with Crippen molar-refractivity contribution in [1.82, 2.24) is 10.2 Å². The van der Waals surface area contributed by atoms with E-state index in [9.17, 15) is 4.79 Å². The van der Waals surface area contributed by atoms with Crippen LogP contribution in [0.2, 0.25) is 0 Å². The summed E-state index contributed by atoms with van der Waals surface area (Å²) in [6.07, 6.45) is 7.63. The molecule has 120 valence electrons. The van der Waals surface area contributed by atoms with Crippen LogP contribution in [0.3, 0.4) is 0 Å². The van der Waals surface area contributed by atoms with Gasteiger partial charge in [0.2, 0.25) is 5.91 Å². The standard InChI is InChI=1S/C16H29N3O2/c1-19(10-12-3-2-8-21-11-12)14-6-7-16(9-14,15(17)20)18-13-4-5-13/h12-14,18H,2-11H2,1H3,(H2,17,20). The molecule has 1 amide bonds. The molecule has 1 saturated heterocycles. The average Bonchev–Trinajstić information content (AvgIpc) is 3.16. The Balaban J connectivity index is 1.55. The second kappa shape index (κ2) is 6.23. The lowest BCUT2D eigenvalue weighted by molar-refractivity contribution is -0.124. The number of hydrogen-bond donors (Lipinski definition) is 2. The van der Waals surface area contributed by atoms with Crippen LogP contribution in [-0.4, -0.2) is 55.2 Å². The molecular weight excluding hydrogens is 266 g/mol. The Bertz CT molecular complexity index is 380. The fourth-order valence-electron chi connectivity index (χ4n) is 3.95. The van der Waals surface area contributed by atoms with E-state index in [1.165, 1.54) is 25.7 Å². The molecule has 0 spiro atoms. The van der Waals surface area contributed by atoms with Crippen molar-refractivity contribution in [2.24, 2.45) is 11.7 Å². The SMILES string of the molecule is CN(CC1CCCOC1)C1CCC(NC2CC2)(C(N)=O)C1. The molecule has 21 heavy (non-hydrogen) atoms. The summed E-state index contributed by atoms with van der Waals surface area (Å²) in [5.41, 5.74) is 5.26. The van der Waals surface area contributed by atoms with E-state index < -0.39 is 5.54 Å². The lowest BCUT2D eigenvalue weighted by atomic mass is 9.95. The van der Waals surface area contributed by atoms with Gasteiger partial charge >= 0.3 is 0 Å². The summed E-state index contributed by atoms with van der Waals surface area (Å²) >= 11 is 0. The number of nitrogens with zero attached hydrogens (tertiary/aromatic N) is 1. The van der Waals surface area contributed by atoms with Gasteiger partial charge in [0.05, 0.1) is 12.1 Å². The zero-order chi connectivity index (χ0) is 14.9. The second-order valence-electron chi connectivity index (χ2n) is 7.28. The lowest BCUT2D eigenvalue weighted by Gasteiger charge is -2.32. The number of amides is 1. The van der Waals surface area contributed by atoms with E-state index in [1.807, 2.05) is 0 Å². The van der Waals surface area contributed by atoms with Crippen LogP contribution < -0.4 is 11.1 Å². The Morgan fingerprint density at radius 3 is 2.81 bits per heavy atom. The zero-order valence-corrected chi connectivity index (χ0v) is 13.1. The van der Waals surface area contributed by atoms with Crippen molar-refractivity contribution < 1.29 is 9.53 Å².